The summed E-state index contributed by atoms with van der Waals surface area (Å²) < 4.78 is 18.7. The SMILES string of the molecule is CCNC(=NCC1CCN(Cc2ccccc2F)CC1)NC1CCN(C(=O)OC)CC1.I. The number of hydrogen-bond acceptors (Lipinski definition) is 4. The van der Waals surface area contributed by atoms with Crippen LogP contribution in [0.4, 0.5) is 9.18 Å². The van der Waals surface area contributed by atoms with Gasteiger partial charge in [0.15, 0.2) is 5.96 Å². The fourth-order valence-corrected chi connectivity index (χ4v) is 4.26. The first-order valence-electron chi connectivity index (χ1n) is 11.4. The molecule has 2 aliphatic heterocycles. The van der Waals surface area contributed by atoms with E-state index in [4.69, 9.17) is 9.73 Å². The van der Waals surface area contributed by atoms with E-state index in [0.29, 0.717) is 31.6 Å². The molecule has 0 aromatic heterocycles. The number of nitrogens with one attached hydrogen (secondary N) is 2. The van der Waals surface area contributed by atoms with Gasteiger partial charge in [-0.15, -0.1) is 24.0 Å². The van der Waals surface area contributed by atoms with Crippen LogP contribution in [-0.2, 0) is 11.3 Å². The van der Waals surface area contributed by atoms with Gasteiger partial charge in [0.1, 0.15) is 5.82 Å². The van der Waals surface area contributed by atoms with Crippen LogP contribution in [0.2, 0.25) is 0 Å². The van der Waals surface area contributed by atoms with Crippen molar-refractivity contribution in [3.05, 3.63) is 35.6 Å². The van der Waals surface area contributed by atoms with Crippen LogP contribution in [0.25, 0.3) is 0 Å². The van der Waals surface area contributed by atoms with Crippen molar-refractivity contribution < 1.29 is 13.9 Å². The standard InChI is InChI=1S/C23H36FN5O2.HI/c1-3-25-22(27-20-10-14-29(15-11-20)23(30)31-2)26-16-18-8-12-28(13-9-18)17-19-6-4-5-7-21(19)24;/h4-7,18,20H,3,8-17H2,1-2H3,(H2,25,26,27);1H. The molecule has 2 N–H and O–H groups in total. The number of methoxy groups -OCH3 is 1. The molecule has 3 rings (SSSR count). The van der Waals surface area contributed by atoms with E-state index in [1.807, 2.05) is 12.1 Å². The van der Waals surface area contributed by atoms with Crippen molar-refractivity contribution in [3.8, 4) is 0 Å². The van der Waals surface area contributed by atoms with E-state index in [-0.39, 0.29) is 35.9 Å². The number of ether oxygens (including phenoxy) is 1. The van der Waals surface area contributed by atoms with Crippen LogP contribution in [-0.4, -0.2) is 74.3 Å². The maximum absolute atomic E-state index is 13.9. The van der Waals surface area contributed by atoms with E-state index in [2.05, 4.69) is 22.5 Å². The molecule has 1 aromatic rings. The summed E-state index contributed by atoms with van der Waals surface area (Å²) in [4.78, 5) is 20.6. The molecule has 0 radical (unpaired) electrons. The van der Waals surface area contributed by atoms with Crippen LogP contribution in [0, 0.1) is 11.7 Å². The highest BCUT2D eigenvalue weighted by molar-refractivity contribution is 14.0. The van der Waals surface area contributed by atoms with E-state index in [1.165, 1.54) is 13.2 Å². The third-order valence-electron chi connectivity index (χ3n) is 6.18. The number of piperidine rings is 2. The monoisotopic (exact) mass is 561 g/mol. The molecule has 2 fully saturated rings. The van der Waals surface area contributed by atoms with Crippen LogP contribution in [0.5, 0.6) is 0 Å². The van der Waals surface area contributed by atoms with Gasteiger partial charge in [-0.1, -0.05) is 18.2 Å². The lowest BCUT2D eigenvalue weighted by Gasteiger charge is -2.33. The number of halogens is 2. The largest absolute Gasteiger partial charge is 0.453 e. The number of amides is 1. The van der Waals surface area contributed by atoms with Gasteiger partial charge in [0.05, 0.1) is 7.11 Å². The number of guanidine groups is 1. The van der Waals surface area contributed by atoms with Gasteiger partial charge in [0.2, 0.25) is 0 Å². The number of carbonyl (C=O) groups excluding carboxylic acids is 1. The Morgan fingerprint density at radius 3 is 2.47 bits per heavy atom. The van der Waals surface area contributed by atoms with E-state index in [0.717, 1.165) is 63.4 Å². The van der Waals surface area contributed by atoms with E-state index in [1.54, 1.807) is 11.0 Å². The zero-order chi connectivity index (χ0) is 22.1. The third kappa shape index (κ3) is 8.06. The summed E-state index contributed by atoms with van der Waals surface area (Å²) in [6, 6.07) is 7.35. The molecule has 32 heavy (non-hydrogen) atoms. The number of carbonyl (C=O) groups is 1. The Bertz CT molecular complexity index is 735. The van der Waals surface area contributed by atoms with Crippen molar-refractivity contribution in [3.63, 3.8) is 0 Å². The van der Waals surface area contributed by atoms with E-state index >= 15 is 0 Å². The first-order valence-corrected chi connectivity index (χ1v) is 11.4. The van der Waals surface area contributed by atoms with Gasteiger partial charge in [0, 0.05) is 44.3 Å². The maximum Gasteiger partial charge on any atom is 0.409 e. The first kappa shape index (κ1) is 26.6. The number of benzene rings is 1. The molecule has 0 bridgehead atoms. The molecule has 0 spiro atoms. The average molecular weight is 561 g/mol. The first-order chi connectivity index (χ1) is 15.1. The Labute approximate surface area is 208 Å². The van der Waals surface area contributed by atoms with Crippen molar-refractivity contribution >= 4 is 36.0 Å². The molecule has 1 amide bonds. The fourth-order valence-electron chi connectivity index (χ4n) is 4.26. The minimum Gasteiger partial charge on any atom is -0.453 e. The zero-order valence-corrected chi connectivity index (χ0v) is 21.5. The molecule has 0 unspecified atom stereocenters. The number of rotatable bonds is 6. The van der Waals surface area contributed by atoms with Crippen LogP contribution in [0.1, 0.15) is 38.2 Å². The van der Waals surface area contributed by atoms with Gasteiger partial charge in [0.25, 0.3) is 0 Å². The minimum atomic E-state index is -0.250. The topological polar surface area (TPSA) is 69.2 Å². The maximum atomic E-state index is 13.9. The van der Waals surface area contributed by atoms with Crippen LogP contribution in [0.15, 0.2) is 29.3 Å². The second-order valence-corrected chi connectivity index (χ2v) is 8.41. The Morgan fingerprint density at radius 2 is 1.84 bits per heavy atom. The summed E-state index contributed by atoms with van der Waals surface area (Å²) >= 11 is 0. The molecular weight excluding hydrogens is 524 g/mol. The summed E-state index contributed by atoms with van der Waals surface area (Å²) in [5.74, 6) is 1.29. The quantitative estimate of drug-likeness (QED) is 0.317. The molecule has 9 heteroatoms. The van der Waals surface area contributed by atoms with E-state index in [9.17, 15) is 9.18 Å². The van der Waals surface area contributed by atoms with Gasteiger partial charge in [-0.2, -0.15) is 0 Å². The lowest BCUT2D eigenvalue weighted by molar-refractivity contribution is 0.111. The van der Waals surface area contributed by atoms with Crippen molar-refractivity contribution in [1.29, 1.82) is 0 Å². The lowest BCUT2D eigenvalue weighted by atomic mass is 9.96. The van der Waals surface area contributed by atoms with Crippen LogP contribution < -0.4 is 10.6 Å². The number of likely N-dealkylation sites (tertiary alicyclic amines) is 2. The number of aliphatic imine (C=N–C) groups is 1. The Kier molecular flexibility index (Phi) is 11.5. The van der Waals surface area contributed by atoms with Crippen LogP contribution >= 0.6 is 24.0 Å². The normalized spacial score (nSPS) is 18.7. The summed E-state index contributed by atoms with van der Waals surface area (Å²) in [5, 5.41) is 6.87. The second kappa shape index (κ2) is 13.8. The van der Waals surface area contributed by atoms with Crippen molar-refractivity contribution in [2.24, 2.45) is 10.9 Å². The number of nitrogens with zero attached hydrogens (tertiary/aromatic N) is 3. The summed E-state index contributed by atoms with van der Waals surface area (Å²) in [5.41, 5.74) is 0.774. The Morgan fingerprint density at radius 1 is 1.16 bits per heavy atom. The molecule has 180 valence electrons. The molecule has 2 aliphatic rings. The minimum absolute atomic E-state index is 0. The smallest absolute Gasteiger partial charge is 0.409 e. The Hall–Kier alpha value is -1.62. The molecule has 0 aliphatic carbocycles. The van der Waals surface area contributed by atoms with Crippen molar-refractivity contribution in [2.45, 2.75) is 45.2 Å². The Balaban J connectivity index is 0.00000363. The predicted molar refractivity (Wildman–Crippen MR) is 136 cm³/mol. The molecule has 2 heterocycles. The molecular formula is C23H37FIN5O2. The molecule has 1 aromatic carbocycles. The summed E-state index contributed by atoms with van der Waals surface area (Å²) in [6.07, 6.45) is 3.67. The van der Waals surface area contributed by atoms with E-state index < -0.39 is 0 Å². The second-order valence-electron chi connectivity index (χ2n) is 8.41. The highest BCUT2D eigenvalue weighted by Crippen LogP contribution is 2.20. The van der Waals surface area contributed by atoms with Gasteiger partial charge < -0.3 is 20.3 Å². The fraction of sp³-hybridized carbons (Fsp3) is 0.652. The molecule has 0 atom stereocenters. The highest BCUT2D eigenvalue weighted by atomic mass is 127. The zero-order valence-electron chi connectivity index (χ0n) is 19.2. The average Bonchev–Trinajstić information content (AvgIpc) is 2.80. The summed E-state index contributed by atoms with van der Waals surface area (Å²) in [7, 11) is 1.42. The van der Waals surface area contributed by atoms with Gasteiger partial charge in [-0.05, 0) is 57.7 Å². The highest BCUT2D eigenvalue weighted by Gasteiger charge is 2.24. The van der Waals surface area contributed by atoms with Crippen LogP contribution in [0.3, 0.4) is 0 Å². The predicted octanol–water partition coefficient (Wildman–Crippen LogP) is 3.44. The number of hydrogen-bond donors (Lipinski definition) is 2. The van der Waals surface area contributed by atoms with Gasteiger partial charge in [-0.25, -0.2) is 9.18 Å². The van der Waals surface area contributed by atoms with Crippen molar-refractivity contribution in [2.75, 3.05) is 46.4 Å². The molecule has 7 nitrogen and oxygen atoms in total. The molecule has 2 saturated heterocycles. The third-order valence-corrected chi connectivity index (χ3v) is 6.18. The van der Waals surface area contributed by atoms with Gasteiger partial charge >= 0.3 is 6.09 Å². The van der Waals surface area contributed by atoms with Gasteiger partial charge in [-0.3, -0.25) is 9.89 Å². The van der Waals surface area contributed by atoms with Crippen molar-refractivity contribution in [1.82, 2.24) is 20.4 Å². The summed E-state index contributed by atoms with van der Waals surface area (Å²) in [6.45, 7) is 7.70. The lowest BCUT2D eigenvalue weighted by Crippen LogP contribution is -2.50. The molecule has 0 saturated carbocycles.